The Kier molecular flexibility index (Phi) is 6.92. The lowest BCUT2D eigenvalue weighted by molar-refractivity contribution is -0.137. The quantitative estimate of drug-likeness (QED) is 0.640. The molecule has 0 bridgehead atoms. The van der Waals surface area contributed by atoms with Gasteiger partial charge in [-0.2, -0.15) is 4.31 Å². The van der Waals surface area contributed by atoms with Gasteiger partial charge < -0.3 is 15.0 Å². The fraction of sp³-hybridized carbons (Fsp3) is 0.471. The second kappa shape index (κ2) is 8.96. The first-order chi connectivity index (χ1) is 12.8. The maximum absolute atomic E-state index is 12.4. The maximum Gasteiger partial charge on any atom is 0.338 e. The third kappa shape index (κ3) is 5.27. The summed E-state index contributed by atoms with van der Waals surface area (Å²) in [6.07, 6.45) is 1.68. The molecule has 27 heavy (non-hydrogen) atoms. The predicted molar refractivity (Wildman–Crippen MR) is 96.4 cm³/mol. The van der Waals surface area contributed by atoms with Crippen LogP contribution in [0.5, 0.6) is 0 Å². The number of nitrogens with zero attached hydrogens (tertiary/aromatic N) is 2. The molecule has 2 rings (SSSR count). The van der Waals surface area contributed by atoms with E-state index in [1.165, 1.54) is 42.7 Å². The van der Waals surface area contributed by atoms with Gasteiger partial charge in [0.1, 0.15) is 0 Å². The van der Waals surface area contributed by atoms with Crippen LogP contribution in [0.15, 0.2) is 29.2 Å². The lowest BCUT2D eigenvalue weighted by Gasteiger charge is -2.16. The van der Waals surface area contributed by atoms with Crippen molar-refractivity contribution in [3.05, 3.63) is 29.8 Å². The van der Waals surface area contributed by atoms with Crippen molar-refractivity contribution in [1.29, 1.82) is 0 Å². The molecule has 0 aromatic heterocycles. The second-order valence-electron chi connectivity index (χ2n) is 6.13. The Balaban J connectivity index is 1.93. The summed E-state index contributed by atoms with van der Waals surface area (Å²) in [5, 5.41) is 2.39. The van der Waals surface area contributed by atoms with Gasteiger partial charge in [0.25, 0.3) is 5.91 Å². The summed E-state index contributed by atoms with van der Waals surface area (Å²) in [6.45, 7) is 0.339. The standard InChI is InChI=1S/C17H23N3O6S/c1-18-15(21)11-19(2)16(22)12-26-17(23)13-5-7-14(8-6-13)27(24,25)20-9-3-4-10-20/h5-8H,3-4,9-12H2,1-2H3,(H,18,21). The molecule has 0 aliphatic carbocycles. The smallest absolute Gasteiger partial charge is 0.338 e. The van der Waals surface area contributed by atoms with E-state index in [-0.39, 0.29) is 22.9 Å². The minimum atomic E-state index is -3.55. The van der Waals surface area contributed by atoms with Gasteiger partial charge >= 0.3 is 5.97 Å². The van der Waals surface area contributed by atoms with E-state index in [1.807, 2.05) is 0 Å². The van der Waals surface area contributed by atoms with Crippen LogP contribution >= 0.6 is 0 Å². The van der Waals surface area contributed by atoms with E-state index < -0.39 is 28.5 Å². The van der Waals surface area contributed by atoms with Gasteiger partial charge in [-0.3, -0.25) is 9.59 Å². The van der Waals surface area contributed by atoms with Gasteiger partial charge in [0.05, 0.1) is 17.0 Å². The number of benzene rings is 1. The zero-order chi connectivity index (χ0) is 20.0. The van der Waals surface area contributed by atoms with E-state index in [2.05, 4.69) is 5.32 Å². The third-order valence-electron chi connectivity index (χ3n) is 4.20. The van der Waals surface area contributed by atoms with Crippen molar-refractivity contribution < 1.29 is 27.5 Å². The molecule has 1 saturated heterocycles. The Morgan fingerprint density at radius 1 is 1.15 bits per heavy atom. The molecule has 1 fully saturated rings. The molecule has 0 radical (unpaired) electrons. The van der Waals surface area contributed by atoms with Gasteiger partial charge in [-0.05, 0) is 37.1 Å². The fourth-order valence-corrected chi connectivity index (χ4v) is 4.06. The first kappa shape index (κ1) is 20.8. The molecule has 1 aromatic rings. The molecule has 0 unspecified atom stereocenters. The number of amides is 2. The molecule has 2 amide bonds. The van der Waals surface area contributed by atoms with E-state index in [1.54, 1.807) is 0 Å². The summed E-state index contributed by atoms with van der Waals surface area (Å²) in [5.41, 5.74) is 0.136. The zero-order valence-electron chi connectivity index (χ0n) is 15.3. The van der Waals surface area contributed by atoms with Crippen LogP contribution < -0.4 is 5.32 Å². The lowest BCUT2D eigenvalue weighted by Crippen LogP contribution is -2.39. The maximum atomic E-state index is 12.4. The van der Waals surface area contributed by atoms with Crippen LogP contribution in [0, 0.1) is 0 Å². The number of ether oxygens (including phenoxy) is 1. The molecule has 0 spiro atoms. The van der Waals surface area contributed by atoms with Crippen LogP contribution in [0.2, 0.25) is 0 Å². The van der Waals surface area contributed by atoms with Crippen LogP contribution in [0.25, 0.3) is 0 Å². The molecule has 1 aliphatic heterocycles. The Bertz CT molecular complexity index is 800. The monoisotopic (exact) mass is 397 g/mol. The average Bonchev–Trinajstić information content (AvgIpc) is 3.21. The molecular weight excluding hydrogens is 374 g/mol. The van der Waals surface area contributed by atoms with E-state index in [9.17, 15) is 22.8 Å². The minimum Gasteiger partial charge on any atom is -0.452 e. The van der Waals surface area contributed by atoms with Crippen LogP contribution in [0.3, 0.4) is 0 Å². The van der Waals surface area contributed by atoms with Gasteiger partial charge in [-0.25, -0.2) is 13.2 Å². The van der Waals surface area contributed by atoms with E-state index >= 15 is 0 Å². The van der Waals surface area contributed by atoms with Crippen LogP contribution in [0.4, 0.5) is 0 Å². The second-order valence-corrected chi connectivity index (χ2v) is 8.07. The first-order valence-corrected chi connectivity index (χ1v) is 9.91. The Hall–Kier alpha value is -2.46. The number of nitrogens with one attached hydrogen (secondary N) is 1. The van der Waals surface area contributed by atoms with Crippen molar-refractivity contribution in [2.24, 2.45) is 0 Å². The number of esters is 1. The molecule has 10 heteroatoms. The first-order valence-electron chi connectivity index (χ1n) is 8.47. The molecule has 0 atom stereocenters. The number of hydrogen-bond donors (Lipinski definition) is 1. The molecule has 1 N–H and O–H groups in total. The topological polar surface area (TPSA) is 113 Å². The van der Waals surface area contributed by atoms with Gasteiger partial charge in [0.2, 0.25) is 15.9 Å². The minimum absolute atomic E-state index is 0.113. The van der Waals surface area contributed by atoms with Crippen molar-refractivity contribution >= 4 is 27.8 Å². The summed E-state index contributed by atoms with van der Waals surface area (Å²) < 4.78 is 31.2. The van der Waals surface area contributed by atoms with Gasteiger partial charge in [-0.15, -0.1) is 0 Å². The summed E-state index contributed by atoms with van der Waals surface area (Å²) in [6, 6.07) is 5.40. The summed E-state index contributed by atoms with van der Waals surface area (Å²) >= 11 is 0. The van der Waals surface area contributed by atoms with Crippen molar-refractivity contribution in [3.8, 4) is 0 Å². The largest absolute Gasteiger partial charge is 0.452 e. The van der Waals surface area contributed by atoms with Crippen LogP contribution in [0.1, 0.15) is 23.2 Å². The summed E-state index contributed by atoms with van der Waals surface area (Å²) in [7, 11) is -0.677. The Morgan fingerprint density at radius 2 is 1.74 bits per heavy atom. The molecule has 1 aromatic carbocycles. The number of hydrogen-bond acceptors (Lipinski definition) is 6. The molecule has 1 heterocycles. The highest BCUT2D eigenvalue weighted by atomic mass is 32.2. The Labute approximate surface area is 158 Å². The highest BCUT2D eigenvalue weighted by molar-refractivity contribution is 7.89. The third-order valence-corrected chi connectivity index (χ3v) is 6.12. The van der Waals surface area contributed by atoms with E-state index in [4.69, 9.17) is 4.74 Å². The Morgan fingerprint density at radius 3 is 2.30 bits per heavy atom. The molecule has 0 saturated carbocycles. The van der Waals surface area contributed by atoms with Crippen molar-refractivity contribution in [2.75, 3.05) is 40.3 Å². The van der Waals surface area contributed by atoms with Gasteiger partial charge in [0.15, 0.2) is 6.61 Å². The molecule has 9 nitrogen and oxygen atoms in total. The molecule has 1 aliphatic rings. The number of carbonyl (C=O) groups excluding carboxylic acids is 3. The SMILES string of the molecule is CNC(=O)CN(C)C(=O)COC(=O)c1ccc(S(=O)(=O)N2CCCC2)cc1. The van der Waals surface area contributed by atoms with E-state index in [0.717, 1.165) is 17.7 Å². The number of likely N-dealkylation sites (N-methyl/N-ethyl adjacent to an activating group) is 2. The summed E-state index contributed by atoms with van der Waals surface area (Å²) in [4.78, 5) is 36.4. The van der Waals surface area contributed by atoms with Gasteiger partial charge in [-0.1, -0.05) is 0 Å². The summed E-state index contributed by atoms with van der Waals surface area (Å²) in [5.74, 6) is -1.62. The van der Waals surface area contributed by atoms with Crippen molar-refractivity contribution in [3.63, 3.8) is 0 Å². The average molecular weight is 397 g/mol. The molecule has 148 valence electrons. The highest BCUT2D eigenvalue weighted by Crippen LogP contribution is 2.21. The van der Waals surface area contributed by atoms with Crippen LogP contribution in [-0.2, 0) is 24.3 Å². The lowest BCUT2D eigenvalue weighted by atomic mass is 10.2. The number of carbonyl (C=O) groups is 3. The van der Waals surface area contributed by atoms with Gasteiger partial charge in [0, 0.05) is 27.2 Å². The highest BCUT2D eigenvalue weighted by Gasteiger charge is 2.27. The molecular formula is C17H23N3O6S. The normalized spacial score (nSPS) is 14.6. The van der Waals surface area contributed by atoms with Crippen molar-refractivity contribution in [2.45, 2.75) is 17.7 Å². The number of rotatable bonds is 7. The van der Waals surface area contributed by atoms with Crippen LogP contribution in [-0.4, -0.2) is 75.7 Å². The van der Waals surface area contributed by atoms with Crippen molar-refractivity contribution in [1.82, 2.24) is 14.5 Å². The van der Waals surface area contributed by atoms with E-state index in [0.29, 0.717) is 13.1 Å². The fourth-order valence-electron chi connectivity index (χ4n) is 2.54. The predicted octanol–water partition coefficient (Wildman–Crippen LogP) is -0.168. The number of sulfonamides is 1. The zero-order valence-corrected chi connectivity index (χ0v) is 16.1.